The van der Waals surface area contributed by atoms with E-state index in [9.17, 15) is 14.9 Å². The van der Waals surface area contributed by atoms with E-state index in [-0.39, 0.29) is 23.1 Å². The van der Waals surface area contributed by atoms with Crippen molar-refractivity contribution in [3.05, 3.63) is 56.9 Å². The Morgan fingerprint density at radius 2 is 2.26 bits per heavy atom. The minimum atomic E-state index is -0.595. The molecule has 1 aliphatic heterocycles. The van der Waals surface area contributed by atoms with Crippen LogP contribution in [0.1, 0.15) is 33.4 Å². The molecule has 8 heteroatoms. The van der Waals surface area contributed by atoms with Crippen LogP contribution < -0.4 is 10.6 Å². The maximum atomic E-state index is 12.2. The second-order valence-electron chi connectivity index (χ2n) is 5.47. The average molecular weight is 315 g/mol. The molecule has 0 saturated carbocycles. The van der Waals surface area contributed by atoms with E-state index in [1.165, 1.54) is 12.5 Å². The van der Waals surface area contributed by atoms with Crippen molar-refractivity contribution in [3.63, 3.8) is 0 Å². The van der Waals surface area contributed by atoms with Gasteiger partial charge in [-0.25, -0.2) is 0 Å². The van der Waals surface area contributed by atoms with Crippen LogP contribution in [0.3, 0.4) is 0 Å². The van der Waals surface area contributed by atoms with E-state index in [1.54, 1.807) is 0 Å². The molecule has 1 aromatic heterocycles. The summed E-state index contributed by atoms with van der Waals surface area (Å²) in [6.45, 7) is 2.69. The van der Waals surface area contributed by atoms with Crippen molar-refractivity contribution in [1.82, 2.24) is 20.8 Å². The maximum absolute atomic E-state index is 12.2. The van der Waals surface area contributed by atoms with Crippen LogP contribution in [-0.4, -0.2) is 34.1 Å². The molecule has 1 atom stereocenters. The average Bonchev–Trinajstić information content (AvgIpc) is 2.94. The molecule has 3 N–H and O–H groups in total. The number of hydrogen-bond acceptors (Lipinski definition) is 5. The van der Waals surface area contributed by atoms with Gasteiger partial charge in [0.15, 0.2) is 0 Å². The second-order valence-corrected chi connectivity index (χ2v) is 5.47. The first-order valence-corrected chi connectivity index (χ1v) is 7.36. The highest BCUT2D eigenvalue weighted by atomic mass is 16.6. The molecule has 0 aliphatic carbocycles. The molecule has 1 unspecified atom stereocenters. The summed E-state index contributed by atoms with van der Waals surface area (Å²) in [5, 5.41) is 23.3. The van der Waals surface area contributed by atoms with Gasteiger partial charge < -0.3 is 10.6 Å². The zero-order valence-electron chi connectivity index (χ0n) is 12.6. The van der Waals surface area contributed by atoms with Crippen LogP contribution in [0.4, 0.5) is 5.69 Å². The van der Waals surface area contributed by atoms with Crippen LogP contribution in [0.15, 0.2) is 24.3 Å². The standard InChI is InChI=1S/C15H17N5O3/c1-9-14(20(22)23)13(19-18-9)15(21)17-8-12-11-5-3-2-4-10(11)6-7-16-12/h2-5,12,16H,6-8H2,1H3,(H,17,21)(H,18,19). The number of nitrogens with one attached hydrogen (secondary N) is 3. The first-order valence-electron chi connectivity index (χ1n) is 7.36. The molecule has 0 bridgehead atoms. The predicted molar refractivity (Wildman–Crippen MR) is 83.2 cm³/mol. The largest absolute Gasteiger partial charge is 0.348 e. The van der Waals surface area contributed by atoms with Gasteiger partial charge in [0.25, 0.3) is 5.91 Å². The molecular weight excluding hydrogens is 298 g/mol. The molecule has 2 aromatic rings. The molecule has 120 valence electrons. The Morgan fingerprint density at radius 1 is 1.48 bits per heavy atom. The van der Waals surface area contributed by atoms with Crippen molar-refractivity contribution >= 4 is 11.6 Å². The first kappa shape index (κ1) is 15.2. The normalized spacial score (nSPS) is 16.7. The van der Waals surface area contributed by atoms with Gasteiger partial charge in [-0.15, -0.1) is 0 Å². The third-order valence-electron chi connectivity index (χ3n) is 3.99. The molecule has 8 nitrogen and oxygen atoms in total. The fourth-order valence-electron chi connectivity index (χ4n) is 2.86. The summed E-state index contributed by atoms with van der Waals surface area (Å²) in [7, 11) is 0. The summed E-state index contributed by atoms with van der Waals surface area (Å²) in [5.74, 6) is -0.550. The van der Waals surface area contributed by atoms with E-state index in [1.807, 2.05) is 18.2 Å². The number of carbonyl (C=O) groups excluding carboxylic acids is 1. The zero-order chi connectivity index (χ0) is 16.4. The molecule has 1 aliphatic rings. The molecule has 0 spiro atoms. The fraction of sp³-hybridized carbons (Fsp3) is 0.333. The number of aromatic amines is 1. The zero-order valence-corrected chi connectivity index (χ0v) is 12.6. The Kier molecular flexibility index (Phi) is 4.07. The van der Waals surface area contributed by atoms with E-state index >= 15 is 0 Å². The second kappa shape index (κ2) is 6.17. The van der Waals surface area contributed by atoms with E-state index in [0.29, 0.717) is 6.54 Å². The number of benzene rings is 1. The van der Waals surface area contributed by atoms with Crippen molar-refractivity contribution in [3.8, 4) is 0 Å². The lowest BCUT2D eigenvalue weighted by Gasteiger charge is -2.26. The number of rotatable bonds is 4. The summed E-state index contributed by atoms with van der Waals surface area (Å²) in [6, 6.07) is 8.05. The third kappa shape index (κ3) is 2.93. The number of fused-ring (bicyclic) bond motifs is 1. The topological polar surface area (TPSA) is 113 Å². The van der Waals surface area contributed by atoms with Gasteiger partial charge >= 0.3 is 5.69 Å². The van der Waals surface area contributed by atoms with Crippen molar-refractivity contribution in [1.29, 1.82) is 0 Å². The Bertz CT molecular complexity index is 755. The lowest BCUT2D eigenvalue weighted by Crippen LogP contribution is -2.39. The van der Waals surface area contributed by atoms with E-state index in [2.05, 4.69) is 26.9 Å². The number of nitro groups is 1. The smallest absolute Gasteiger partial charge is 0.322 e. The fourth-order valence-corrected chi connectivity index (χ4v) is 2.86. The molecule has 23 heavy (non-hydrogen) atoms. The Balaban J connectivity index is 1.72. The third-order valence-corrected chi connectivity index (χ3v) is 3.99. The van der Waals surface area contributed by atoms with Crippen molar-refractivity contribution in [2.75, 3.05) is 13.1 Å². The number of carbonyl (C=O) groups is 1. The van der Waals surface area contributed by atoms with Gasteiger partial charge in [-0.3, -0.25) is 20.0 Å². The van der Waals surface area contributed by atoms with E-state index in [4.69, 9.17) is 0 Å². The monoisotopic (exact) mass is 315 g/mol. The number of aromatic nitrogens is 2. The van der Waals surface area contributed by atoms with Crippen molar-refractivity contribution < 1.29 is 9.72 Å². The molecular formula is C15H17N5O3. The van der Waals surface area contributed by atoms with Gasteiger partial charge in [-0.1, -0.05) is 24.3 Å². The molecule has 1 amide bonds. The summed E-state index contributed by atoms with van der Waals surface area (Å²) >= 11 is 0. The van der Waals surface area contributed by atoms with Crippen LogP contribution in [0.25, 0.3) is 0 Å². The van der Waals surface area contributed by atoms with Gasteiger partial charge in [0.2, 0.25) is 5.69 Å². The van der Waals surface area contributed by atoms with Gasteiger partial charge in [-0.2, -0.15) is 5.10 Å². The van der Waals surface area contributed by atoms with Gasteiger partial charge in [0.05, 0.1) is 4.92 Å². The predicted octanol–water partition coefficient (Wildman–Crippen LogP) is 1.24. The summed E-state index contributed by atoms with van der Waals surface area (Å²) in [4.78, 5) is 22.6. The Labute approximate surface area is 132 Å². The number of amides is 1. The van der Waals surface area contributed by atoms with Crippen LogP contribution >= 0.6 is 0 Å². The first-order chi connectivity index (χ1) is 11.1. The number of aryl methyl sites for hydroxylation is 1. The van der Waals surface area contributed by atoms with Crippen molar-refractivity contribution in [2.45, 2.75) is 19.4 Å². The highest BCUT2D eigenvalue weighted by Crippen LogP contribution is 2.23. The van der Waals surface area contributed by atoms with Gasteiger partial charge in [0.1, 0.15) is 5.69 Å². The van der Waals surface area contributed by atoms with Crippen LogP contribution in [-0.2, 0) is 6.42 Å². The minimum Gasteiger partial charge on any atom is -0.348 e. The van der Waals surface area contributed by atoms with Gasteiger partial charge in [0, 0.05) is 12.6 Å². The van der Waals surface area contributed by atoms with Crippen LogP contribution in [0.5, 0.6) is 0 Å². The molecule has 3 rings (SSSR count). The Hall–Kier alpha value is -2.74. The summed E-state index contributed by atoms with van der Waals surface area (Å²) in [6.07, 6.45) is 0.949. The minimum absolute atomic E-state index is 0.0111. The molecule has 2 heterocycles. The summed E-state index contributed by atoms with van der Waals surface area (Å²) < 4.78 is 0. The number of hydrogen-bond donors (Lipinski definition) is 3. The highest BCUT2D eigenvalue weighted by Gasteiger charge is 2.28. The van der Waals surface area contributed by atoms with Crippen LogP contribution in [0, 0.1) is 17.0 Å². The van der Waals surface area contributed by atoms with Crippen molar-refractivity contribution in [2.24, 2.45) is 0 Å². The lowest BCUT2D eigenvalue weighted by atomic mass is 9.94. The Morgan fingerprint density at radius 3 is 3.04 bits per heavy atom. The molecule has 1 aromatic carbocycles. The number of H-pyrrole nitrogens is 1. The molecule has 0 fully saturated rings. The SMILES string of the molecule is Cc1[nH]nc(C(=O)NCC2NCCc3ccccc32)c1[N+](=O)[O-]. The van der Waals surface area contributed by atoms with Gasteiger partial charge in [-0.05, 0) is 31.0 Å². The summed E-state index contributed by atoms with van der Waals surface area (Å²) in [5.41, 5.74) is 2.20. The van der Waals surface area contributed by atoms with Crippen LogP contribution in [0.2, 0.25) is 0 Å². The molecule has 0 saturated heterocycles. The highest BCUT2D eigenvalue weighted by molar-refractivity contribution is 5.96. The quantitative estimate of drug-likeness (QED) is 0.580. The van der Waals surface area contributed by atoms with E-state index in [0.717, 1.165) is 18.5 Å². The number of nitrogens with zero attached hydrogens (tertiary/aromatic N) is 2. The lowest BCUT2D eigenvalue weighted by molar-refractivity contribution is -0.385. The van der Waals surface area contributed by atoms with E-state index < -0.39 is 10.8 Å². The maximum Gasteiger partial charge on any atom is 0.322 e. The molecule has 0 radical (unpaired) electrons.